The van der Waals surface area contributed by atoms with Crippen molar-refractivity contribution in [1.29, 1.82) is 0 Å². The predicted octanol–water partition coefficient (Wildman–Crippen LogP) is -0.962. The van der Waals surface area contributed by atoms with Gasteiger partial charge in [0, 0.05) is 58.9 Å². The van der Waals surface area contributed by atoms with Gasteiger partial charge in [0.25, 0.3) is 0 Å². The van der Waals surface area contributed by atoms with Gasteiger partial charge in [0.05, 0.1) is 25.3 Å². The lowest BCUT2D eigenvalue weighted by atomic mass is 10.2. The van der Waals surface area contributed by atoms with E-state index in [0.29, 0.717) is 64.6 Å². The molecule has 1 aromatic rings. The topological polar surface area (TPSA) is 138 Å². The number of terminal acetylenes is 1. The second kappa shape index (κ2) is 13.5. The average molecular weight is 462 g/mol. The molecular weight excluding hydrogens is 430 g/mol. The molecule has 11 nitrogen and oxygen atoms in total. The first kappa shape index (κ1) is 26.2. The fraction of sp³-hybridized carbons (Fsp3) is 0.545. The largest absolute Gasteiger partial charge is 0.480 e. The molecule has 11 heteroatoms. The first-order chi connectivity index (χ1) is 15.7. The summed E-state index contributed by atoms with van der Waals surface area (Å²) in [5.74, 6) is -0.369. The van der Waals surface area contributed by atoms with Crippen molar-refractivity contribution in [2.75, 3.05) is 72.0 Å². The number of hydrogen-bond acceptors (Lipinski definition) is 8. The standard InChI is InChI=1S/C22H31N5O6/c1-2-18-4-3-5-19(23-18)14-24-6-8-25(15-20(28)29)10-12-27(17-22(32)33)13-11-26(9-7-24)16-21(30)31/h1,3-5H,6-17H2,(H,28,29)(H,30,31)(H,32,33). The highest BCUT2D eigenvalue weighted by atomic mass is 16.4. The lowest BCUT2D eigenvalue weighted by Crippen LogP contribution is -2.48. The van der Waals surface area contributed by atoms with Gasteiger partial charge in [0.15, 0.2) is 0 Å². The Hall–Kier alpha value is -3.04. The van der Waals surface area contributed by atoms with Crippen LogP contribution < -0.4 is 0 Å². The Morgan fingerprint density at radius 3 is 1.52 bits per heavy atom. The Bertz CT molecular complexity index is 826. The van der Waals surface area contributed by atoms with E-state index in [1.165, 1.54) is 0 Å². The van der Waals surface area contributed by atoms with Crippen molar-refractivity contribution in [3.63, 3.8) is 0 Å². The molecule has 33 heavy (non-hydrogen) atoms. The second-order valence-electron chi connectivity index (χ2n) is 7.94. The third-order valence-corrected chi connectivity index (χ3v) is 5.35. The van der Waals surface area contributed by atoms with E-state index in [1.807, 2.05) is 12.1 Å². The van der Waals surface area contributed by atoms with Crippen LogP contribution in [0.2, 0.25) is 0 Å². The monoisotopic (exact) mass is 461 g/mol. The Labute approximate surface area is 193 Å². The summed E-state index contributed by atoms with van der Waals surface area (Å²) in [6.45, 7) is 3.50. The minimum atomic E-state index is -0.982. The quantitative estimate of drug-likeness (QED) is 0.413. The highest BCUT2D eigenvalue weighted by molar-refractivity contribution is 5.69. The van der Waals surface area contributed by atoms with Gasteiger partial charge >= 0.3 is 17.9 Å². The van der Waals surface area contributed by atoms with Crippen LogP contribution in [0.5, 0.6) is 0 Å². The molecule has 3 N–H and O–H groups in total. The maximum Gasteiger partial charge on any atom is 0.317 e. The van der Waals surface area contributed by atoms with Crippen molar-refractivity contribution in [3.8, 4) is 12.3 Å². The first-order valence-electron chi connectivity index (χ1n) is 10.7. The van der Waals surface area contributed by atoms with Crippen molar-refractivity contribution < 1.29 is 29.7 Å². The summed E-state index contributed by atoms with van der Waals surface area (Å²) in [5.41, 5.74) is 1.31. The second-order valence-corrected chi connectivity index (χ2v) is 7.94. The maximum atomic E-state index is 11.3. The summed E-state index contributed by atoms with van der Waals surface area (Å²) < 4.78 is 0. The number of aliphatic carboxylic acids is 3. The van der Waals surface area contributed by atoms with Gasteiger partial charge in [-0.05, 0) is 12.1 Å². The van der Waals surface area contributed by atoms with Crippen LogP contribution in [0.15, 0.2) is 18.2 Å². The lowest BCUT2D eigenvalue weighted by Gasteiger charge is -2.33. The Morgan fingerprint density at radius 1 is 0.758 bits per heavy atom. The number of pyridine rings is 1. The molecule has 1 aromatic heterocycles. The van der Waals surface area contributed by atoms with Crippen LogP contribution in [-0.2, 0) is 20.9 Å². The number of carboxylic acids is 3. The van der Waals surface area contributed by atoms with E-state index >= 15 is 0 Å². The third kappa shape index (κ3) is 10.4. The molecule has 2 rings (SSSR count). The predicted molar refractivity (Wildman–Crippen MR) is 120 cm³/mol. The molecule has 180 valence electrons. The fourth-order valence-electron chi connectivity index (χ4n) is 3.66. The van der Waals surface area contributed by atoms with Crippen LogP contribution in [0.3, 0.4) is 0 Å². The minimum absolute atomic E-state index is 0.148. The first-order valence-corrected chi connectivity index (χ1v) is 10.7. The molecule has 1 aliphatic rings. The Balaban J connectivity index is 2.18. The van der Waals surface area contributed by atoms with Crippen LogP contribution >= 0.6 is 0 Å². The summed E-state index contributed by atoms with van der Waals surface area (Å²) in [7, 11) is 0. The van der Waals surface area contributed by atoms with Crippen molar-refractivity contribution >= 4 is 17.9 Å². The van der Waals surface area contributed by atoms with Crippen molar-refractivity contribution in [2.45, 2.75) is 6.54 Å². The van der Waals surface area contributed by atoms with Gasteiger partial charge in [-0.25, -0.2) is 4.98 Å². The van der Waals surface area contributed by atoms with Crippen LogP contribution in [0.25, 0.3) is 0 Å². The molecule has 0 bridgehead atoms. The average Bonchev–Trinajstić information content (AvgIpc) is 2.74. The highest BCUT2D eigenvalue weighted by Crippen LogP contribution is 2.06. The van der Waals surface area contributed by atoms with Gasteiger partial charge < -0.3 is 15.3 Å². The summed E-state index contributed by atoms with van der Waals surface area (Å²) in [6.07, 6.45) is 5.45. The van der Waals surface area contributed by atoms with Gasteiger partial charge in [-0.3, -0.25) is 34.0 Å². The number of carboxylic acid groups (broad SMARTS) is 3. The lowest BCUT2D eigenvalue weighted by molar-refractivity contribution is -0.140. The van der Waals surface area contributed by atoms with Gasteiger partial charge in [-0.1, -0.05) is 12.0 Å². The summed E-state index contributed by atoms with van der Waals surface area (Å²) in [6, 6.07) is 5.44. The third-order valence-electron chi connectivity index (χ3n) is 5.35. The van der Waals surface area contributed by atoms with Gasteiger partial charge in [0.2, 0.25) is 0 Å². The Kier molecular flexibility index (Phi) is 10.7. The van der Waals surface area contributed by atoms with Crippen LogP contribution in [0.1, 0.15) is 11.4 Å². The zero-order valence-corrected chi connectivity index (χ0v) is 18.6. The van der Waals surface area contributed by atoms with Crippen LogP contribution in [-0.4, -0.2) is 130 Å². The van der Waals surface area contributed by atoms with E-state index in [9.17, 15) is 29.7 Å². The van der Waals surface area contributed by atoms with E-state index in [1.54, 1.807) is 20.8 Å². The van der Waals surface area contributed by atoms with Crippen molar-refractivity contribution in [3.05, 3.63) is 29.6 Å². The SMILES string of the molecule is C#Cc1cccc(CN2CCN(CC(=O)O)CCN(CC(=O)O)CCN(CC(=O)O)CC2)n1. The smallest absolute Gasteiger partial charge is 0.317 e. The van der Waals surface area contributed by atoms with E-state index in [-0.39, 0.29) is 19.6 Å². The molecule has 1 saturated heterocycles. The van der Waals surface area contributed by atoms with Crippen molar-refractivity contribution in [2.24, 2.45) is 0 Å². The molecule has 0 aromatic carbocycles. The van der Waals surface area contributed by atoms with Gasteiger partial charge in [-0.2, -0.15) is 0 Å². The molecule has 1 aliphatic heterocycles. The molecule has 0 unspecified atom stereocenters. The zero-order chi connectivity index (χ0) is 24.2. The van der Waals surface area contributed by atoms with E-state index in [2.05, 4.69) is 15.8 Å². The molecule has 2 heterocycles. The highest BCUT2D eigenvalue weighted by Gasteiger charge is 2.20. The Morgan fingerprint density at radius 2 is 1.15 bits per heavy atom. The van der Waals surface area contributed by atoms with E-state index < -0.39 is 17.9 Å². The number of rotatable bonds is 8. The fourth-order valence-corrected chi connectivity index (χ4v) is 3.66. The van der Waals surface area contributed by atoms with E-state index in [4.69, 9.17) is 6.42 Å². The molecule has 0 radical (unpaired) electrons. The number of aromatic nitrogens is 1. The van der Waals surface area contributed by atoms with Gasteiger partial charge in [0.1, 0.15) is 5.69 Å². The number of hydrogen-bond donors (Lipinski definition) is 3. The van der Waals surface area contributed by atoms with Crippen LogP contribution in [0.4, 0.5) is 0 Å². The molecule has 0 spiro atoms. The van der Waals surface area contributed by atoms with Gasteiger partial charge in [-0.15, -0.1) is 6.42 Å². The zero-order valence-electron chi connectivity index (χ0n) is 18.6. The molecule has 0 amide bonds. The summed E-state index contributed by atoms with van der Waals surface area (Å²) in [4.78, 5) is 45.7. The minimum Gasteiger partial charge on any atom is -0.480 e. The summed E-state index contributed by atoms with van der Waals surface area (Å²) in [5, 5.41) is 27.8. The number of carbonyl (C=O) groups is 3. The normalized spacial score (nSPS) is 18.0. The molecule has 0 saturated carbocycles. The molecule has 0 atom stereocenters. The molecule has 1 fully saturated rings. The van der Waals surface area contributed by atoms with Crippen molar-refractivity contribution in [1.82, 2.24) is 24.6 Å². The molecule has 0 aliphatic carbocycles. The van der Waals surface area contributed by atoms with Crippen LogP contribution in [0, 0.1) is 12.3 Å². The maximum absolute atomic E-state index is 11.3. The number of nitrogens with zero attached hydrogens (tertiary/aromatic N) is 5. The molecular formula is C22H31N5O6. The summed E-state index contributed by atoms with van der Waals surface area (Å²) >= 11 is 0. The van der Waals surface area contributed by atoms with E-state index in [0.717, 1.165) is 5.69 Å².